The Kier molecular flexibility index (Phi) is 4.98. The molecule has 7 heteroatoms. The fourth-order valence-corrected chi connectivity index (χ4v) is 4.44. The van der Waals surface area contributed by atoms with E-state index in [1.165, 1.54) is 11.3 Å². The molecule has 2 aromatic carbocycles. The summed E-state index contributed by atoms with van der Waals surface area (Å²) >= 11 is 7.15. The average Bonchev–Trinajstić information content (AvgIpc) is 3.01. The maximum absolute atomic E-state index is 12.9. The van der Waals surface area contributed by atoms with Crippen molar-refractivity contribution >= 4 is 44.7 Å². The van der Waals surface area contributed by atoms with Crippen molar-refractivity contribution < 1.29 is 4.79 Å². The Labute approximate surface area is 176 Å². The number of H-pyrrole nitrogens is 1. The number of aryl methyl sites for hydroxylation is 3. The second-order valence-electron chi connectivity index (χ2n) is 6.93. The predicted octanol–water partition coefficient (Wildman–Crippen LogP) is 5.48. The maximum Gasteiger partial charge on any atom is 0.266 e. The molecular formula is C22H18ClN3O2S. The first-order valence-corrected chi connectivity index (χ1v) is 10.2. The summed E-state index contributed by atoms with van der Waals surface area (Å²) < 4.78 is 0. The lowest BCUT2D eigenvalue weighted by atomic mass is 10.1. The molecule has 4 rings (SSSR count). The zero-order chi connectivity index (χ0) is 20.7. The number of nitrogens with zero attached hydrogens (tertiary/aromatic N) is 1. The number of carbonyl (C=O) groups is 1. The maximum atomic E-state index is 12.9. The third-order valence-corrected chi connectivity index (χ3v) is 6.19. The van der Waals surface area contributed by atoms with Gasteiger partial charge < -0.3 is 10.3 Å². The van der Waals surface area contributed by atoms with Crippen molar-refractivity contribution in [1.29, 1.82) is 0 Å². The van der Waals surface area contributed by atoms with E-state index in [0.717, 1.165) is 22.4 Å². The lowest BCUT2D eigenvalue weighted by molar-refractivity contribution is 0.103. The highest BCUT2D eigenvalue weighted by atomic mass is 35.5. The number of benzene rings is 2. The molecule has 0 bridgehead atoms. The number of amides is 1. The van der Waals surface area contributed by atoms with E-state index < -0.39 is 0 Å². The molecule has 1 amide bonds. The Morgan fingerprint density at radius 2 is 1.83 bits per heavy atom. The molecule has 0 aliphatic heterocycles. The van der Waals surface area contributed by atoms with Crippen LogP contribution in [0.2, 0.25) is 5.02 Å². The highest BCUT2D eigenvalue weighted by Gasteiger charge is 2.20. The van der Waals surface area contributed by atoms with Gasteiger partial charge >= 0.3 is 0 Å². The van der Waals surface area contributed by atoms with Crippen LogP contribution in [-0.2, 0) is 0 Å². The molecule has 2 aromatic heterocycles. The molecule has 2 heterocycles. The van der Waals surface area contributed by atoms with Crippen LogP contribution in [0.1, 0.15) is 26.4 Å². The van der Waals surface area contributed by atoms with Crippen molar-refractivity contribution in [3.05, 3.63) is 79.4 Å². The van der Waals surface area contributed by atoms with Crippen molar-refractivity contribution in [3.63, 3.8) is 0 Å². The number of rotatable bonds is 3. The smallest absolute Gasteiger partial charge is 0.266 e. The molecule has 0 atom stereocenters. The fraction of sp³-hybridized carbons (Fsp3) is 0.136. The number of thiophene rings is 1. The van der Waals surface area contributed by atoms with Crippen LogP contribution in [0.5, 0.6) is 0 Å². The zero-order valence-corrected chi connectivity index (χ0v) is 17.7. The van der Waals surface area contributed by atoms with E-state index in [4.69, 9.17) is 11.6 Å². The standard InChI is InChI=1S/C22H18ClN3O2S/c1-11-4-9-16(12(2)10-11)24-21(28)18-13(3)17-20(27)25-19(26-22(17)29-18)14-5-7-15(23)8-6-14/h4-10H,1-3H3,(H,24,28)(H,25,26,27). The highest BCUT2D eigenvalue weighted by molar-refractivity contribution is 7.20. The summed E-state index contributed by atoms with van der Waals surface area (Å²) in [5.74, 6) is 0.201. The van der Waals surface area contributed by atoms with E-state index in [2.05, 4.69) is 15.3 Å². The van der Waals surface area contributed by atoms with Gasteiger partial charge in [-0.05, 0) is 62.2 Å². The minimum atomic E-state index is -0.265. The molecule has 0 radical (unpaired) electrons. The van der Waals surface area contributed by atoms with Crippen LogP contribution in [-0.4, -0.2) is 15.9 Å². The number of aromatic amines is 1. The lowest BCUT2D eigenvalue weighted by Gasteiger charge is -2.08. The lowest BCUT2D eigenvalue weighted by Crippen LogP contribution is -2.13. The van der Waals surface area contributed by atoms with Gasteiger partial charge in [0.2, 0.25) is 0 Å². The van der Waals surface area contributed by atoms with Gasteiger partial charge in [-0.25, -0.2) is 4.98 Å². The largest absolute Gasteiger partial charge is 0.321 e. The van der Waals surface area contributed by atoms with Gasteiger partial charge in [-0.1, -0.05) is 29.3 Å². The summed E-state index contributed by atoms with van der Waals surface area (Å²) in [6.07, 6.45) is 0. The van der Waals surface area contributed by atoms with Crippen molar-refractivity contribution in [2.45, 2.75) is 20.8 Å². The minimum Gasteiger partial charge on any atom is -0.321 e. The molecule has 2 N–H and O–H groups in total. The van der Waals surface area contributed by atoms with Gasteiger partial charge in [-0.15, -0.1) is 11.3 Å². The molecule has 0 unspecified atom stereocenters. The van der Waals surface area contributed by atoms with Crippen LogP contribution in [0, 0.1) is 20.8 Å². The summed E-state index contributed by atoms with van der Waals surface area (Å²) in [6.45, 7) is 5.73. The monoisotopic (exact) mass is 423 g/mol. The van der Waals surface area contributed by atoms with Crippen molar-refractivity contribution in [2.75, 3.05) is 5.32 Å². The molecule has 4 aromatic rings. The van der Waals surface area contributed by atoms with Crippen LogP contribution in [0.3, 0.4) is 0 Å². The van der Waals surface area contributed by atoms with E-state index in [0.29, 0.717) is 31.5 Å². The van der Waals surface area contributed by atoms with E-state index in [1.54, 1.807) is 31.2 Å². The van der Waals surface area contributed by atoms with Gasteiger partial charge in [-0.2, -0.15) is 0 Å². The van der Waals surface area contributed by atoms with Crippen molar-refractivity contribution in [2.24, 2.45) is 0 Å². The Morgan fingerprint density at radius 1 is 1.10 bits per heavy atom. The predicted molar refractivity (Wildman–Crippen MR) is 119 cm³/mol. The van der Waals surface area contributed by atoms with Gasteiger partial charge in [0.1, 0.15) is 10.7 Å². The van der Waals surface area contributed by atoms with Crippen molar-refractivity contribution in [1.82, 2.24) is 9.97 Å². The number of hydrogen-bond acceptors (Lipinski definition) is 4. The van der Waals surface area contributed by atoms with Crippen molar-refractivity contribution in [3.8, 4) is 11.4 Å². The number of halogens is 1. The van der Waals surface area contributed by atoms with Crippen LogP contribution in [0.15, 0.2) is 47.3 Å². The van der Waals surface area contributed by atoms with E-state index in [9.17, 15) is 9.59 Å². The summed E-state index contributed by atoms with van der Waals surface area (Å²) in [5.41, 5.74) is 3.98. The molecular weight excluding hydrogens is 406 g/mol. The second-order valence-corrected chi connectivity index (χ2v) is 8.37. The Morgan fingerprint density at radius 3 is 2.52 bits per heavy atom. The van der Waals surface area contributed by atoms with Crippen LogP contribution in [0.25, 0.3) is 21.6 Å². The molecule has 29 heavy (non-hydrogen) atoms. The number of hydrogen-bond donors (Lipinski definition) is 2. The number of aromatic nitrogens is 2. The first kappa shape index (κ1) is 19.4. The SMILES string of the molecule is Cc1ccc(NC(=O)c2sc3nc(-c4ccc(Cl)cc4)[nH]c(=O)c3c2C)c(C)c1. The summed E-state index contributed by atoms with van der Waals surface area (Å²) in [7, 11) is 0. The third-order valence-electron chi connectivity index (χ3n) is 4.75. The molecule has 146 valence electrons. The molecule has 0 fully saturated rings. The first-order chi connectivity index (χ1) is 13.8. The molecule has 0 aliphatic carbocycles. The normalized spacial score (nSPS) is 11.0. The average molecular weight is 424 g/mol. The second kappa shape index (κ2) is 7.46. The zero-order valence-electron chi connectivity index (χ0n) is 16.1. The third kappa shape index (κ3) is 3.69. The van der Waals surface area contributed by atoms with Crippen LogP contribution >= 0.6 is 22.9 Å². The van der Waals surface area contributed by atoms with E-state index in [1.807, 2.05) is 32.0 Å². The molecule has 0 aliphatic rings. The Balaban J connectivity index is 1.75. The van der Waals surface area contributed by atoms with Gasteiger partial charge in [0.05, 0.1) is 10.3 Å². The summed E-state index contributed by atoms with van der Waals surface area (Å²) in [6, 6.07) is 12.9. The highest BCUT2D eigenvalue weighted by Crippen LogP contribution is 2.30. The molecule has 5 nitrogen and oxygen atoms in total. The number of anilines is 1. The van der Waals surface area contributed by atoms with Crippen LogP contribution in [0.4, 0.5) is 5.69 Å². The first-order valence-electron chi connectivity index (χ1n) is 9.01. The Bertz CT molecular complexity index is 1310. The fourth-order valence-electron chi connectivity index (χ4n) is 3.24. The van der Waals surface area contributed by atoms with Gasteiger partial charge in [0.25, 0.3) is 11.5 Å². The molecule has 0 saturated carbocycles. The van der Waals surface area contributed by atoms with Gasteiger partial charge in [-0.3, -0.25) is 9.59 Å². The van der Waals surface area contributed by atoms with Gasteiger partial charge in [0.15, 0.2) is 0 Å². The topological polar surface area (TPSA) is 74.8 Å². The number of nitrogens with one attached hydrogen (secondary N) is 2. The number of fused-ring (bicyclic) bond motifs is 1. The van der Waals surface area contributed by atoms with E-state index in [-0.39, 0.29) is 11.5 Å². The van der Waals surface area contributed by atoms with Crippen LogP contribution < -0.4 is 10.9 Å². The van der Waals surface area contributed by atoms with E-state index >= 15 is 0 Å². The summed E-state index contributed by atoms with van der Waals surface area (Å²) in [5, 5.41) is 3.99. The summed E-state index contributed by atoms with van der Waals surface area (Å²) in [4.78, 5) is 34.0. The quantitative estimate of drug-likeness (QED) is 0.458. The molecule has 0 spiro atoms. The number of carbonyl (C=O) groups excluding carboxylic acids is 1. The van der Waals surface area contributed by atoms with Gasteiger partial charge in [0, 0.05) is 16.3 Å². The molecule has 0 saturated heterocycles. The Hall–Kier alpha value is -2.96. The minimum absolute atomic E-state index is 0.245.